The second kappa shape index (κ2) is 13.4. The van der Waals surface area contributed by atoms with Crippen LogP contribution in [0.3, 0.4) is 0 Å². The van der Waals surface area contributed by atoms with E-state index < -0.39 is 23.7 Å². The Morgan fingerprint density at radius 1 is 0.833 bits per heavy atom. The fourth-order valence-electron chi connectivity index (χ4n) is 4.72. The van der Waals surface area contributed by atoms with Crippen molar-refractivity contribution in [1.82, 2.24) is 9.88 Å². The Morgan fingerprint density at radius 2 is 1.50 bits per heavy atom. The van der Waals surface area contributed by atoms with Gasteiger partial charge in [-0.25, -0.2) is 4.79 Å². The highest BCUT2D eigenvalue weighted by Gasteiger charge is 2.34. The van der Waals surface area contributed by atoms with E-state index in [1.807, 2.05) is 98.9 Å². The summed E-state index contributed by atoms with van der Waals surface area (Å²) in [6, 6.07) is 27.3. The van der Waals surface area contributed by atoms with Gasteiger partial charge in [0.1, 0.15) is 11.6 Å². The van der Waals surface area contributed by atoms with Gasteiger partial charge in [0.05, 0.1) is 0 Å². The van der Waals surface area contributed by atoms with Gasteiger partial charge in [-0.3, -0.25) is 9.59 Å². The van der Waals surface area contributed by atoms with Crippen LogP contribution in [-0.4, -0.2) is 28.2 Å². The number of carbonyl (C=O) groups excluding carboxylic acids is 2. The largest absolute Gasteiger partial charge is 0.444 e. The van der Waals surface area contributed by atoms with E-state index in [0.717, 1.165) is 25.8 Å². The van der Waals surface area contributed by atoms with Crippen LogP contribution in [0.2, 0.25) is 0 Å². The van der Waals surface area contributed by atoms with Crippen LogP contribution in [0, 0.1) is 3.57 Å². The SMILES string of the molecule is CC(C)n1cc(-c2cccc(C(c3ccccc3)C(NC(=O)OC(C)(C)C)C(=O)Nc3ccc(I)cc3)c2)ccc1=O. The lowest BCUT2D eigenvalue weighted by Crippen LogP contribution is -2.49. The molecule has 0 bridgehead atoms. The number of hydrogen-bond donors (Lipinski definition) is 2. The molecule has 218 valence electrons. The molecule has 42 heavy (non-hydrogen) atoms. The maximum atomic E-state index is 14.0. The third kappa shape index (κ3) is 8.09. The van der Waals surface area contributed by atoms with Gasteiger partial charge in [-0.1, -0.05) is 54.6 Å². The summed E-state index contributed by atoms with van der Waals surface area (Å²) in [7, 11) is 0. The fourth-order valence-corrected chi connectivity index (χ4v) is 5.07. The predicted octanol–water partition coefficient (Wildman–Crippen LogP) is 7.36. The Kier molecular flexibility index (Phi) is 9.88. The normalized spacial score (nSPS) is 12.8. The van der Waals surface area contributed by atoms with Crippen LogP contribution in [0.4, 0.5) is 10.5 Å². The Labute approximate surface area is 260 Å². The van der Waals surface area contributed by atoms with Gasteiger partial charge in [0.25, 0.3) is 5.56 Å². The van der Waals surface area contributed by atoms with Crippen LogP contribution in [0.5, 0.6) is 0 Å². The third-order valence-corrected chi connectivity index (χ3v) is 7.35. The van der Waals surface area contributed by atoms with Crippen molar-refractivity contribution in [3.8, 4) is 11.1 Å². The Morgan fingerprint density at radius 3 is 2.14 bits per heavy atom. The molecular weight excluding hydrogens is 641 g/mol. The molecule has 1 aromatic heterocycles. The van der Waals surface area contributed by atoms with E-state index in [4.69, 9.17) is 4.74 Å². The Balaban J connectivity index is 1.82. The molecular formula is C34H36IN3O4. The zero-order valence-electron chi connectivity index (χ0n) is 24.4. The number of amides is 2. The minimum absolute atomic E-state index is 0.00470. The van der Waals surface area contributed by atoms with Gasteiger partial charge in [0.15, 0.2) is 0 Å². The number of hydrogen-bond acceptors (Lipinski definition) is 4. The van der Waals surface area contributed by atoms with Crippen molar-refractivity contribution in [2.75, 3.05) is 5.32 Å². The average molecular weight is 678 g/mol. The first-order valence-electron chi connectivity index (χ1n) is 13.8. The van der Waals surface area contributed by atoms with E-state index in [1.165, 1.54) is 0 Å². The maximum absolute atomic E-state index is 14.0. The summed E-state index contributed by atoms with van der Waals surface area (Å²) in [5.74, 6) is -0.937. The predicted molar refractivity (Wildman–Crippen MR) is 176 cm³/mol. The first kappa shape index (κ1) is 31.0. The highest BCUT2D eigenvalue weighted by molar-refractivity contribution is 14.1. The van der Waals surface area contributed by atoms with Crippen LogP contribution in [0.25, 0.3) is 11.1 Å². The molecule has 0 aliphatic carbocycles. The molecule has 2 atom stereocenters. The molecule has 0 aliphatic heterocycles. The summed E-state index contributed by atoms with van der Waals surface area (Å²) >= 11 is 2.21. The Bertz CT molecular complexity index is 1590. The number of pyridine rings is 1. The molecule has 0 aliphatic rings. The van der Waals surface area contributed by atoms with Crippen LogP contribution in [0.1, 0.15) is 57.7 Å². The number of carbonyl (C=O) groups is 2. The number of halogens is 1. The molecule has 1 heterocycles. The van der Waals surface area contributed by atoms with Crippen LogP contribution < -0.4 is 16.2 Å². The standard InChI is InChI=1S/C34H36IN3O4/c1-22(2)38-21-26(14-19-29(38)39)24-12-9-13-25(20-24)30(23-10-7-6-8-11-23)31(37-33(41)42-34(3,4)5)32(40)36-28-17-15-27(35)16-18-28/h6-22,30-31H,1-5H3,(H,36,40)(H,37,41). The topological polar surface area (TPSA) is 89.4 Å². The molecule has 2 N–H and O–H groups in total. The van der Waals surface area contributed by atoms with E-state index in [2.05, 4.69) is 33.2 Å². The highest BCUT2D eigenvalue weighted by Crippen LogP contribution is 2.32. The molecule has 4 aromatic rings. The molecule has 2 unspecified atom stereocenters. The fraction of sp³-hybridized carbons (Fsp3) is 0.265. The first-order valence-corrected chi connectivity index (χ1v) is 14.9. The second-order valence-electron chi connectivity index (χ2n) is 11.4. The Hall–Kier alpha value is -3.92. The molecule has 2 amide bonds. The molecule has 8 heteroatoms. The number of benzene rings is 3. The third-order valence-electron chi connectivity index (χ3n) is 6.63. The van der Waals surface area contributed by atoms with E-state index in [0.29, 0.717) is 5.69 Å². The van der Waals surface area contributed by atoms with Gasteiger partial charge >= 0.3 is 6.09 Å². The van der Waals surface area contributed by atoms with Crippen LogP contribution in [0.15, 0.2) is 102 Å². The van der Waals surface area contributed by atoms with Crippen molar-refractivity contribution in [1.29, 1.82) is 0 Å². The number of anilines is 1. The van der Waals surface area contributed by atoms with E-state index in [-0.39, 0.29) is 17.5 Å². The summed E-state index contributed by atoms with van der Waals surface area (Å²) < 4.78 is 8.31. The van der Waals surface area contributed by atoms with Gasteiger partial charge in [-0.2, -0.15) is 0 Å². The second-order valence-corrected chi connectivity index (χ2v) is 12.6. The lowest BCUT2D eigenvalue weighted by molar-refractivity contribution is -0.118. The summed E-state index contributed by atoms with van der Waals surface area (Å²) in [4.78, 5) is 39.5. The van der Waals surface area contributed by atoms with Gasteiger partial charge in [0, 0.05) is 33.5 Å². The molecule has 0 radical (unpaired) electrons. The van der Waals surface area contributed by atoms with Gasteiger partial charge in [-0.05, 0) is 110 Å². The summed E-state index contributed by atoms with van der Waals surface area (Å²) in [6.45, 7) is 9.27. The number of ether oxygens (including phenoxy) is 1. The smallest absolute Gasteiger partial charge is 0.408 e. The number of nitrogens with one attached hydrogen (secondary N) is 2. The summed E-state index contributed by atoms with van der Waals surface area (Å²) in [5.41, 5.74) is 3.23. The summed E-state index contributed by atoms with van der Waals surface area (Å²) in [6.07, 6.45) is 1.16. The lowest BCUT2D eigenvalue weighted by Gasteiger charge is -2.30. The molecule has 0 saturated heterocycles. The van der Waals surface area contributed by atoms with Crippen LogP contribution in [-0.2, 0) is 9.53 Å². The average Bonchev–Trinajstić information content (AvgIpc) is 2.94. The minimum Gasteiger partial charge on any atom is -0.444 e. The number of aromatic nitrogens is 1. The molecule has 0 fully saturated rings. The quantitative estimate of drug-likeness (QED) is 0.191. The van der Waals surface area contributed by atoms with E-state index >= 15 is 0 Å². The minimum atomic E-state index is -1.01. The van der Waals surface area contributed by atoms with Crippen molar-refractivity contribution in [3.05, 3.63) is 122 Å². The van der Waals surface area contributed by atoms with Gasteiger partial charge in [0.2, 0.25) is 5.91 Å². The highest BCUT2D eigenvalue weighted by atomic mass is 127. The molecule has 7 nitrogen and oxygen atoms in total. The van der Waals surface area contributed by atoms with Crippen molar-refractivity contribution >= 4 is 40.3 Å². The lowest BCUT2D eigenvalue weighted by atomic mass is 9.83. The zero-order chi connectivity index (χ0) is 30.4. The van der Waals surface area contributed by atoms with E-state index in [9.17, 15) is 14.4 Å². The molecule has 4 rings (SSSR count). The maximum Gasteiger partial charge on any atom is 0.408 e. The number of nitrogens with zero attached hydrogens (tertiary/aromatic N) is 1. The van der Waals surface area contributed by atoms with Crippen molar-refractivity contribution in [3.63, 3.8) is 0 Å². The van der Waals surface area contributed by atoms with Gasteiger partial charge < -0.3 is 19.9 Å². The molecule has 0 saturated carbocycles. The van der Waals surface area contributed by atoms with E-state index in [1.54, 1.807) is 37.5 Å². The zero-order valence-corrected chi connectivity index (χ0v) is 26.6. The number of rotatable bonds is 8. The van der Waals surface area contributed by atoms with Crippen molar-refractivity contribution < 1.29 is 14.3 Å². The summed E-state index contributed by atoms with van der Waals surface area (Å²) in [5, 5.41) is 5.85. The van der Waals surface area contributed by atoms with Crippen LogP contribution >= 0.6 is 22.6 Å². The van der Waals surface area contributed by atoms with Crippen molar-refractivity contribution in [2.45, 2.75) is 58.2 Å². The number of alkyl carbamates (subject to hydrolysis) is 1. The van der Waals surface area contributed by atoms with Gasteiger partial charge in [-0.15, -0.1) is 0 Å². The molecule has 3 aromatic carbocycles. The van der Waals surface area contributed by atoms with Crippen molar-refractivity contribution in [2.24, 2.45) is 0 Å². The monoisotopic (exact) mass is 677 g/mol. The molecule has 0 spiro atoms. The first-order chi connectivity index (χ1) is 19.9.